The zero-order valence-electron chi connectivity index (χ0n) is 13.9. The van der Waals surface area contributed by atoms with Crippen LogP contribution in [0.5, 0.6) is 0 Å². The molecule has 0 fully saturated rings. The first-order valence-electron chi connectivity index (χ1n) is 7.46. The lowest BCUT2D eigenvalue weighted by Crippen LogP contribution is -2.19. The van der Waals surface area contributed by atoms with Crippen molar-refractivity contribution in [3.8, 4) is 0 Å². The molecule has 5 nitrogen and oxygen atoms in total. The number of carbonyl (C=O) groups excluding carboxylic acids is 1. The number of methoxy groups -OCH3 is 1. The lowest BCUT2D eigenvalue weighted by molar-refractivity contribution is 0.0600. The van der Waals surface area contributed by atoms with Crippen LogP contribution in [0.15, 0.2) is 48.5 Å². The molecule has 0 saturated heterocycles. The van der Waals surface area contributed by atoms with E-state index in [0.29, 0.717) is 11.1 Å². The van der Waals surface area contributed by atoms with Crippen LogP contribution in [0.2, 0.25) is 0 Å². The Kier molecular flexibility index (Phi) is 5.29. The van der Waals surface area contributed by atoms with Crippen LogP contribution in [0.4, 0.5) is 0 Å². The van der Waals surface area contributed by atoms with Crippen molar-refractivity contribution in [2.45, 2.75) is 25.4 Å². The van der Waals surface area contributed by atoms with E-state index in [-0.39, 0.29) is 17.5 Å². The zero-order valence-corrected chi connectivity index (χ0v) is 14.8. The van der Waals surface area contributed by atoms with Crippen LogP contribution in [0, 0.1) is 0 Å². The Bertz CT molecular complexity index is 757. The fourth-order valence-electron chi connectivity index (χ4n) is 2.57. The fraction of sp³-hybridized carbons (Fsp3) is 0.278. The second-order valence-corrected chi connectivity index (χ2v) is 7.86. The maximum atomic E-state index is 11.5. The number of hydrogen-bond acceptors (Lipinski definition) is 3. The number of carbonyl (C=O) groups is 1. The van der Waals surface area contributed by atoms with Gasteiger partial charge in [0.25, 0.3) is 0 Å². The largest absolute Gasteiger partial charge is 0.465 e. The van der Waals surface area contributed by atoms with E-state index in [0.717, 1.165) is 11.1 Å². The van der Waals surface area contributed by atoms with E-state index in [4.69, 9.17) is 14.5 Å². The van der Waals surface area contributed by atoms with Crippen LogP contribution in [0.3, 0.4) is 0 Å². The number of ether oxygens (including phenoxy) is 1. The van der Waals surface area contributed by atoms with Crippen LogP contribution >= 0.6 is 7.60 Å². The van der Waals surface area contributed by atoms with Gasteiger partial charge in [-0.05, 0) is 28.8 Å². The first-order valence-corrected chi connectivity index (χ1v) is 9.26. The Morgan fingerprint density at radius 3 is 1.88 bits per heavy atom. The second kappa shape index (κ2) is 6.89. The van der Waals surface area contributed by atoms with Gasteiger partial charge in [-0.2, -0.15) is 0 Å². The highest BCUT2D eigenvalue weighted by atomic mass is 31.2. The SMILES string of the molecule is COC(=O)c1ccc(C(C)(C)c2ccc(CP(=O)(O)O)cc2)cc1. The van der Waals surface area contributed by atoms with Crippen LogP contribution in [0.1, 0.15) is 40.9 Å². The molecule has 0 heterocycles. The fourth-order valence-corrected chi connectivity index (χ4v) is 3.26. The Hall–Kier alpha value is -1.94. The van der Waals surface area contributed by atoms with E-state index in [9.17, 15) is 9.36 Å². The summed E-state index contributed by atoms with van der Waals surface area (Å²) in [5, 5.41) is 0. The molecule has 128 valence electrons. The van der Waals surface area contributed by atoms with Gasteiger partial charge in [-0.25, -0.2) is 4.79 Å². The molecule has 2 aromatic rings. The normalized spacial score (nSPS) is 12.0. The maximum absolute atomic E-state index is 11.5. The molecule has 6 heteroatoms. The van der Waals surface area contributed by atoms with Gasteiger partial charge in [-0.1, -0.05) is 50.2 Å². The third-order valence-electron chi connectivity index (χ3n) is 4.09. The molecule has 0 bridgehead atoms. The van der Waals surface area contributed by atoms with Gasteiger partial charge < -0.3 is 14.5 Å². The van der Waals surface area contributed by atoms with Crippen molar-refractivity contribution in [1.82, 2.24) is 0 Å². The summed E-state index contributed by atoms with van der Waals surface area (Å²) >= 11 is 0. The molecule has 2 N–H and O–H groups in total. The first-order chi connectivity index (χ1) is 11.1. The van der Waals surface area contributed by atoms with Crippen LogP contribution in [-0.2, 0) is 20.9 Å². The predicted octanol–water partition coefficient (Wildman–Crippen LogP) is 3.48. The smallest absolute Gasteiger partial charge is 0.337 e. The number of benzene rings is 2. The van der Waals surface area contributed by atoms with Crippen molar-refractivity contribution in [1.29, 1.82) is 0 Å². The molecule has 0 aromatic heterocycles. The van der Waals surface area contributed by atoms with E-state index in [1.165, 1.54) is 7.11 Å². The highest BCUT2D eigenvalue weighted by Gasteiger charge is 2.24. The van der Waals surface area contributed by atoms with Crippen LogP contribution < -0.4 is 0 Å². The van der Waals surface area contributed by atoms with Crippen molar-refractivity contribution in [3.63, 3.8) is 0 Å². The summed E-state index contributed by atoms with van der Waals surface area (Å²) in [5.74, 6) is -0.374. The zero-order chi connectivity index (χ0) is 18.0. The Morgan fingerprint density at radius 1 is 1.00 bits per heavy atom. The average molecular weight is 348 g/mol. The minimum absolute atomic E-state index is 0.262. The van der Waals surface area contributed by atoms with Gasteiger partial charge in [-0.3, -0.25) is 4.57 Å². The summed E-state index contributed by atoms with van der Waals surface area (Å²) in [6.07, 6.45) is -0.262. The molecule has 0 atom stereocenters. The molecule has 0 aliphatic carbocycles. The van der Waals surface area contributed by atoms with Gasteiger partial charge in [0.15, 0.2) is 0 Å². The molecule has 0 saturated carbocycles. The Balaban J connectivity index is 2.26. The second-order valence-electron chi connectivity index (χ2n) is 6.21. The molecular formula is C18H21O5P. The van der Waals surface area contributed by atoms with Gasteiger partial charge in [0.2, 0.25) is 0 Å². The molecular weight excluding hydrogens is 327 g/mol. The van der Waals surface area contributed by atoms with Gasteiger partial charge in [0, 0.05) is 5.41 Å². The molecule has 2 rings (SSSR count). The van der Waals surface area contributed by atoms with E-state index in [1.54, 1.807) is 24.3 Å². The topological polar surface area (TPSA) is 83.8 Å². The lowest BCUT2D eigenvalue weighted by atomic mass is 9.78. The van der Waals surface area contributed by atoms with E-state index in [1.807, 2.05) is 24.3 Å². The first kappa shape index (κ1) is 18.4. The summed E-state index contributed by atoms with van der Waals surface area (Å²) < 4.78 is 15.8. The molecule has 0 unspecified atom stereocenters. The summed E-state index contributed by atoms with van der Waals surface area (Å²) in [4.78, 5) is 29.6. The van der Waals surface area contributed by atoms with Gasteiger partial charge in [0.1, 0.15) is 0 Å². The van der Waals surface area contributed by atoms with Gasteiger partial charge in [0.05, 0.1) is 18.8 Å². The Labute approximate surface area is 141 Å². The summed E-state index contributed by atoms with van der Waals surface area (Å²) in [6.45, 7) is 4.11. The van der Waals surface area contributed by atoms with Crippen molar-refractivity contribution in [2.24, 2.45) is 0 Å². The maximum Gasteiger partial charge on any atom is 0.337 e. The molecule has 0 radical (unpaired) electrons. The van der Waals surface area contributed by atoms with Crippen molar-refractivity contribution in [3.05, 3.63) is 70.8 Å². The summed E-state index contributed by atoms with van der Waals surface area (Å²) in [6, 6.07) is 14.4. The molecule has 0 amide bonds. The van der Waals surface area contributed by atoms with E-state index in [2.05, 4.69) is 13.8 Å². The van der Waals surface area contributed by atoms with Crippen molar-refractivity contribution in [2.75, 3.05) is 7.11 Å². The van der Waals surface area contributed by atoms with E-state index < -0.39 is 7.60 Å². The van der Waals surface area contributed by atoms with Gasteiger partial charge >= 0.3 is 13.6 Å². The molecule has 0 aliphatic rings. The molecule has 0 aliphatic heterocycles. The number of hydrogen-bond donors (Lipinski definition) is 2. The van der Waals surface area contributed by atoms with Gasteiger partial charge in [-0.15, -0.1) is 0 Å². The highest BCUT2D eigenvalue weighted by Crippen LogP contribution is 2.39. The molecule has 0 spiro atoms. The van der Waals surface area contributed by atoms with Crippen molar-refractivity contribution >= 4 is 13.6 Å². The third-order valence-corrected chi connectivity index (χ3v) is 4.87. The standard InChI is InChI=1S/C18H21O5P/c1-18(2,16-10-6-14(7-11-16)17(19)23-3)15-8-4-13(5-9-15)12-24(20,21)22/h4-11H,12H2,1-3H3,(H2,20,21,22). The Morgan fingerprint density at radius 2 is 1.46 bits per heavy atom. The van der Waals surface area contributed by atoms with Crippen LogP contribution in [0.25, 0.3) is 0 Å². The average Bonchev–Trinajstić information content (AvgIpc) is 2.53. The minimum atomic E-state index is -4.06. The highest BCUT2D eigenvalue weighted by molar-refractivity contribution is 7.50. The van der Waals surface area contributed by atoms with Crippen molar-refractivity contribution < 1.29 is 23.9 Å². The predicted molar refractivity (Wildman–Crippen MR) is 92.1 cm³/mol. The lowest BCUT2D eigenvalue weighted by Gasteiger charge is -2.26. The quantitative estimate of drug-likeness (QED) is 0.638. The van der Waals surface area contributed by atoms with Crippen LogP contribution in [-0.4, -0.2) is 22.9 Å². The van der Waals surface area contributed by atoms with E-state index >= 15 is 0 Å². The summed E-state index contributed by atoms with van der Waals surface area (Å²) in [5.41, 5.74) is 2.83. The molecule has 24 heavy (non-hydrogen) atoms. The molecule has 2 aromatic carbocycles. The summed E-state index contributed by atoms with van der Waals surface area (Å²) in [7, 11) is -2.72. The third kappa shape index (κ3) is 4.32. The number of esters is 1. The monoisotopic (exact) mass is 348 g/mol. The number of rotatable bonds is 5. The minimum Gasteiger partial charge on any atom is -0.465 e.